The van der Waals surface area contributed by atoms with Gasteiger partial charge in [-0.3, -0.25) is 9.89 Å². The molecular formula is C25H26ClN5OS. The molecule has 0 radical (unpaired) electrons. The number of aromatic amines is 1. The van der Waals surface area contributed by atoms with Crippen molar-refractivity contribution in [2.24, 2.45) is 0 Å². The minimum Gasteiger partial charge on any atom is -0.355 e. The quantitative estimate of drug-likeness (QED) is 0.388. The van der Waals surface area contributed by atoms with E-state index in [2.05, 4.69) is 60.6 Å². The first-order valence-electron chi connectivity index (χ1n) is 11.2. The highest BCUT2D eigenvalue weighted by Gasteiger charge is 2.29. The predicted molar refractivity (Wildman–Crippen MR) is 137 cm³/mol. The molecule has 0 aliphatic carbocycles. The van der Waals surface area contributed by atoms with Crippen LogP contribution in [0, 0.1) is 6.92 Å². The topological polar surface area (TPSA) is 65.1 Å². The lowest BCUT2D eigenvalue weighted by molar-refractivity contribution is -0.126. The summed E-state index contributed by atoms with van der Waals surface area (Å²) in [6.45, 7) is 12.1. The van der Waals surface area contributed by atoms with Crippen molar-refractivity contribution in [3.05, 3.63) is 53.2 Å². The first-order chi connectivity index (χ1) is 15.9. The Morgan fingerprint density at radius 3 is 2.88 bits per heavy atom. The largest absolute Gasteiger partial charge is 0.355 e. The standard InChI is InChI=1S/C25H26ClN5OS/c1-5-16-23(22-14(3)7-8-20-18(22)12-27-28-20)19(26)11-17-24(16)29-33-25(17)31-10-9-30(13-15(31)4)21(32)6-2/h6-8,11-12,15H,2,5,9-10,13H2,1,3-4H3,(H,27,28)/t15-/m0/s1. The van der Waals surface area contributed by atoms with Crippen LogP contribution in [0.4, 0.5) is 5.00 Å². The number of piperazine rings is 1. The van der Waals surface area contributed by atoms with Crippen LogP contribution in [0.2, 0.25) is 5.02 Å². The van der Waals surface area contributed by atoms with Gasteiger partial charge in [-0.2, -0.15) is 9.47 Å². The number of carbonyl (C=O) groups excluding carboxylic acids is 1. The fourth-order valence-corrected chi connectivity index (χ4v) is 6.30. The van der Waals surface area contributed by atoms with Gasteiger partial charge in [0.2, 0.25) is 5.91 Å². The zero-order valence-corrected chi connectivity index (χ0v) is 20.6. The second-order valence-corrected chi connectivity index (χ2v) is 9.73. The molecule has 5 rings (SSSR count). The van der Waals surface area contributed by atoms with Gasteiger partial charge in [0.25, 0.3) is 0 Å². The summed E-state index contributed by atoms with van der Waals surface area (Å²) in [5, 5.41) is 11.3. The first-order valence-corrected chi connectivity index (χ1v) is 12.3. The van der Waals surface area contributed by atoms with Crippen LogP contribution in [0.15, 0.2) is 37.1 Å². The average molecular weight is 480 g/mol. The number of hydrogen-bond acceptors (Lipinski definition) is 5. The van der Waals surface area contributed by atoms with Crippen LogP contribution >= 0.6 is 23.1 Å². The summed E-state index contributed by atoms with van der Waals surface area (Å²) in [6, 6.07) is 6.40. The van der Waals surface area contributed by atoms with E-state index in [0.29, 0.717) is 13.1 Å². The third kappa shape index (κ3) is 3.50. The Labute approximate surface area is 202 Å². The summed E-state index contributed by atoms with van der Waals surface area (Å²) >= 11 is 8.53. The highest BCUT2D eigenvalue weighted by atomic mass is 35.5. The van der Waals surface area contributed by atoms with E-state index in [0.717, 1.165) is 67.0 Å². The lowest BCUT2D eigenvalue weighted by Gasteiger charge is -2.40. The van der Waals surface area contributed by atoms with Gasteiger partial charge < -0.3 is 9.80 Å². The Morgan fingerprint density at radius 1 is 1.33 bits per heavy atom. The molecule has 3 heterocycles. The number of aryl methyl sites for hydroxylation is 2. The zero-order valence-electron chi connectivity index (χ0n) is 19.0. The number of aromatic nitrogens is 3. The summed E-state index contributed by atoms with van der Waals surface area (Å²) in [5.74, 6) is -0.0135. The maximum absolute atomic E-state index is 12.1. The second-order valence-electron chi connectivity index (χ2n) is 8.57. The van der Waals surface area contributed by atoms with Crippen molar-refractivity contribution in [1.82, 2.24) is 19.5 Å². The molecule has 6 nitrogen and oxygen atoms in total. The van der Waals surface area contributed by atoms with Crippen molar-refractivity contribution < 1.29 is 4.79 Å². The molecule has 1 N–H and O–H groups in total. The molecule has 2 aromatic heterocycles. The molecule has 1 fully saturated rings. The lowest BCUT2D eigenvalue weighted by Crippen LogP contribution is -2.53. The first kappa shape index (κ1) is 21.9. The van der Waals surface area contributed by atoms with Crippen LogP contribution in [0.25, 0.3) is 32.9 Å². The van der Waals surface area contributed by atoms with Gasteiger partial charge in [-0.05, 0) is 66.7 Å². The van der Waals surface area contributed by atoms with Crippen molar-refractivity contribution in [3.63, 3.8) is 0 Å². The molecule has 0 spiro atoms. The number of halogens is 1. The predicted octanol–water partition coefficient (Wildman–Crippen LogP) is 5.59. The number of amides is 1. The molecule has 0 unspecified atom stereocenters. The number of hydrogen-bond donors (Lipinski definition) is 1. The van der Waals surface area contributed by atoms with Gasteiger partial charge in [-0.25, -0.2) is 0 Å². The minimum atomic E-state index is -0.0135. The number of carbonyl (C=O) groups is 1. The molecule has 0 bridgehead atoms. The Kier molecular flexibility index (Phi) is 5.62. The third-order valence-corrected chi connectivity index (χ3v) is 7.82. The van der Waals surface area contributed by atoms with Gasteiger partial charge in [0, 0.05) is 47.0 Å². The van der Waals surface area contributed by atoms with Gasteiger partial charge in [0.05, 0.1) is 17.2 Å². The monoisotopic (exact) mass is 479 g/mol. The Bertz CT molecular complexity index is 1390. The van der Waals surface area contributed by atoms with Crippen LogP contribution in [0.3, 0.4) is 0 Å². The van der Waals surface area contributed by atoms with Crippen molar-refractivity contribution in [3.8, 4) is 11.1 Å². The zero-order chi connectivity index (χ0) is 23.3. The number of nitrogens with zero attached hydrogens (tertiary/aromatic N) is 4. The van der Waals surface area contributed by atoms with E-state index in [9.17, 15) is 4.79 Å². The molecule has 170 valence electrons. The molecule has 2 aromatic carbocycles. The molecule has 1 atom stereocenters. The van der Waals surface area contributed by atoms with E-state index in [-0.39, 0.29) is 11.9 Å². The van der Waals surface area contributed by atoms with Crippen molar-refractivity contribution in [2.75, 3.05) is 24.5 Å². The molecule has 1 saturated heterocycles. The second kappa shape index (κ2) is 8.47. The van der Waals surface area contributed by atoms with Crippen LogP contribution in [0.1, 0.15) is 25.0 Å². The van der Waals surface area contributed by atoms with Gasteiger partial charge >= 0.3 is 0 Å². The fraction of sp³-hybridized carbons (Fsp3) is 0.320. The number of rotatable bonds is 4. The van der Waals surface area contributed by atoms with Crippen LogP contribution in [-0.4, -0.2) is 51.1 Å². The van der Waals surface area contributed by atoms with E-state index in [1.807, 2.05) is 11.1 Å². The molecule has 1 amide bonds. The molecule has 1 aliphatic heterocycles. The van der Waals surface area contributed by atoms with Crippen LogP contribution in [0.5, 0.6) is 0 Å². The average Bonchev–Trinajstić information content (AvgIpc) is 3.45. The third-order valence-electron chi connectivity index (χ3n) is 6.62. The Hall–Kier alpha value is -2.90. The molecular weight excluding hydrogens is 454 g/mol. The highest BCUT2D eigenvalue weighted by molar-refractivity contribution is 7.11. The number of benzene rings is 2. The van der Waals surface area contributed by atoms with E-state index < -0.39 is 0 Å². The lowest BCUT2D eigenvalue weighted by atomic mass is 9.90. The normalized spacial score (nSPS) is 16.7. The van der Waals surface area contributed by atoms with E-state index in [4.69, 9.17) is 16.0 Å². The highest BCUT2D eigenvalue weighted by Crippen LogP contribution is 2.45. The maximum atomic E-state index is 12.1. The van der Waals surface area contributed by atoms with Gasteiger partial charge in [-0.15, -0.1) is 0 Å². The number of nitrogens with one attached hydrogen (secondary N) is 1. The molecule has 8 heteroatoms. The van der Waals surface area contributed by atoms with E-state index >= 15 is 0 Å². The van der Waals surface area contributed by atoms with Crippen LogP contribution < -0.4 is 4.90 Å². The molecule has 0 saturated carbocycles. The minimum absolute atomic E-state index is 0.0135. The van der Waals surface area contributed by atoms with Gasteiger partial charge in [0.1, 0.15) is 5.00 Å². The Morgan fingerprint density at radius 2 is 2.15 bits per heavy atom. The Balaban J connectivity index is 1.63. The number of anilines is 1. The maximum Gasteiger partial charge on any atom is 0.246 e. The van der Waals surface area contributed by atoms with Crippen LogP contribution in [-0.2, 0) is 11.2 Å². The van der Waals surface area contributed by atoms with Gasteiger partial charge in [0.15, 0.2) is 0 Å². The SMILES string of the molecule is C=CC(=O)N1CCN(c2snc3c(CC)c(-c4c(C)ccc5[nH]ncc45)c(Cl)cc23)[C@@H](C)C1. The summed E-state index contributed by atoms with van der Waals surface area (Å²) in [6.07, 6.45) is 4.08. The summed E-state index contributed by atoms with van der Waals surface area (Å²) < 4.78 is 4.92. The van der Waals surface area contributed by atoms with E-state index in [1.54, 1.807) is 0 Å². The van der Waals surface area contributed by atoms with Crippen molar-refractivity contribution in [2.45, 2.75) is 33.2 Å². The fourth-order valence-electron chi connectivity index (χ4n) is 4.97. The van der Waals surface area contributed by atoms with Crippen molar-refractivity contribution >= 4 is 55.8 Å². The smallest absolute Gasteiger partial charge is 0.246 e. The summed E-state index contributed by atoms with van der Waals surface area (Å²) in [4.78, 5) is 16.3. The number of fused-ring (bicyclic) bond motifs is 2. The number of H-pyrrole nitrogens is 1. The van der Waals surface area contributed by atoms with E-state index in [1.165, 1.54) is 17.6 Å². The summed E-state index contributed by atoms with van der Waals surface area (Å²) in [5.41, 5.74) is 6.48. The summed E-state index contributed by atoms with van der Waals surface area (Å²) in [7, 11) is 0. The molecule has 4 aromatic rings. The molecule has 1 aliphatic rings. The molecule has 33 heavy (non-hydrogen) atoms. The van der Waals surface area contributed by atoms with Gasteiger partial charge in [-0.1, -0.05) is 31.2 Å². The van der Waals surface area contributed by atoms with Crippen molar-refractivity contribution in [1.29, 1.82) is 0 Å².